The van der Waals surface area contributed by atoms with Crippen molar-refractivity contribution < 1.29 is 4.74 Å². The van der Waals surface area contributed by atoms with Gasteiger partial charge in [-0.05, 0) is 43.3 Å². The summed E-state index contributed by atoms with van der Waals surface area (Å²) >= 11 is 0. The van der Waals surface area contributed by atoms with Gasteiger partial charge in [0, 0.05) is 34.9 Å². The van der Waals surface area contributed by atoms with Crippen molar-refractivity contribution in [3.05, 3.63) is 65.2 Å². The van der Waals surface area contributed by atoms with Crippen LogP contribution < -0.4 is 10.3 Å². The molecule has 0 aliphatic carbocycles. The standard InChI is InChI=1S/C19H16N4O2/c1-2-25-14-4-3-13-9-18(21-16(13)10-14)15-11-17(22-23-19(15)24)12-5-7-20-8-6-12/h3-11,21H,2H2,1H3,(H,23,24). The molecule has 0 amide bonds. The molecule has 0 atom stereocenters. The number of pyridine rings is 1. The number of benzene rings is 1. The minimum atomic E-state index is -0.241. The minimum absolute atomic E-state index is 0.241. The number of fused-ring (bicyclic) bond motifs is 1. The maximum absolute atomic E-state index is 12.3. The molecule has 0 saturated heterocycles. The molecule has 1 aromatic carbocycles. The van der Waals surface area contributed by atoms with Crippen LogP contribution in [0.1, 0.15) is 6.92 Å². The lowest BCUT2D eigenvalue weighted by atomic mass is 10.1. The summed E-state index contributed by atoms with van der Waals surface area (Å²) in [6.45, 7) is 2.56. The molecule has 124 valence electrons. The van der Waals surface area contributed by atoms with E-state index in [-0.39, 0.29) is 5.56 Å². The number of aromatic nitrogens is 4. The first-order valence-corrected chi connectivity index (χ1v) is 8.00. The number of nitrogens with one attached hydrogen (secondary N) is 2. The zero-order valence-electron chi connectivity index (χ0n) is 13.6. The Morgan fingerprint density at radius 2 is 1.92 bits per heavy atom. The van der Waals surface area contributed by atoms with E-state index in [1.54, 1.807) is 18.5 Å². The third-order valence-electron chi connectivity index (χ3n) is 3.97. The van der Waals surface area contributed by atoms with Gasteiger partial charge in [-0.15, -0.1) is 0 Å². The van der Waals surface area contributed by atoms with Crippen molar-refractivity contribution in [3.63, 3.8) is 0 Å². The predicted molar refractivity (Wildman–Crippen MR) is 96.6 cm³/mol. The monoisotopic (exact) mass is 332 g/mol. The largest absolute Gasteiger partial charge is 0.494 e. The predicted octanol–water partition coefficient (Wildman–Crippen LogP) is 3.38. The highest BCUT2D eigenvalue weighted by atomic mass is 16.5. The fraction of sp³-hybridized carbons (Fsp3) is 0.105. The van der Waals surface area contributed by atoms with Gasteiger partial charge in [0.05, 0.1) is 23.6 Å². The van der Waals surface area contributed by atoms with E-state index >= 15 is 0 Å². The van der Waals surface area contributed by atoms with Crippen LogP contribution in [0.25, 0.3) is 33.4 Å². The minimum Gasteiger partial charge on any atom is -0.494 e. The maximum Gasteiger partial charge on any atom is 0.273 e. The first-order chi connectivity index (χ1) is 12.2. The van der Waals surface area contributed by atoms with Gasteiger partial charge in [0.1, 0.15) is 5.75 Å². The van der Waals surface area contributed by atoms with Crippen LogP contribution in [-0.2, 0) is 0 Å². The SMILES string of the molecule is CCOc1ccc2cc(-c3cc(-c4ccncc4)n[nH]c3=O)[nH]c2c1. The van der Waals surface area contributed by atoms with Crippen LogP contribution in [0.5, 0.6) is 5.75 Å². The summed E-state index contributed by atoms with van der Waals surface area (Å²) in [5.41, 5.74) is 3.53. The maximum atomic E-state index is 12.3. The summed E-state index contributed by atoms with van der Waals surface area (Å²) in [4.78, 5) is 19.6. The molecule has 0 aliphatic rings. The van der Waals surface area contributed by atoms with Crippen molar-refractivity contribution in [1.82, 2.24) is 20.2 Å². The molecule has 4 aromatic rings. The molecule has 0 radical (unpaired) electrons. The average Bonchev–Trinajstić information content (AvgIpc) is 3.06. The zero-order chi connectivity index (χ0) is 17.2. The highest BCUT2D eigenvalue weighted by Crippen LogP contribution is 2.27. The van der Waals surface area contributed by atoms with E-state index in [2.05, 4.69) is 20.2 Å². The number of rotatable bonds is 4. The van der Waals surface area contributed by atoms with E-state index in [1.165, 1.54) is 0 Å². The molecule has 3 heterocycles. The van der Waals surface area contributed by atoms with E-state index in [4.69, 9.17) is 4.74 Å². The first kappa shape index (κ1) is 15.1. The van der Waals surface area contributed by atoms with Crippen molar-refractivity contribution in [3.8, 4) is 28.3 Å². The lowest BCUT2D eigenvalue weighted by molar-refractivity contribution is 0.340. The van der Waals surface area contributed by atoms with Gasteiger partial charge < -0.3 is 9.72 Å². The zero-order valence-corrected chi connectivity index (χ0v) is 13.6. The molecule has 6 heteroatoms. The highest BCUT2D eigenvalue weighted by Gasteiger charge is 2.11. The Balaban J connectivity index is 1.81. The second-order valence-electron chi connectivity index (χ2n) is 5.60. The molecule has 4 rings (SSSR count). The number of nitrogens with zero attached hydrogens (tertiary/aromatic N) is 2. The normalized spacial score (nSPS) is 10.9. The Kier molecular flexibility index (Phi) is 3.78. The van der Waals surface area contributed by atoms with E-state index in [9.17, 15) is 4.79 Å². The Bertz CT molecular complexity index is 1080. The van der Waals surface area contributed by atoms with Gasteiger partial charge in [-0.2, -0.15) is 5.10 Å². The molecule has 0 aliphatic heterocycles. The fourth-order valence-electron chi connectivity index (χ4n) is 2.78. The summed E-state index contributed by atoms with van der Waals surface area (Å²) in [6, 6.07) is 13.3. The smallest absolute Gasteiger partial charge is 0.273 e. The van der Waals surface area contributed by atoms with Crippen LogP contribution in [-0.4, -0.2) is 26.8 Å². The van der Waals surface area contributed by atoms with E-state index in [0.29, 0.717) is 17.9 Å². The number of hydrogen-bond acceptors (Lipinski definition) is 4. The van der Waals surface area contributed by atoms with Gasteiger partial charge >= 0.3 is 0 Å². The fourth-order valence-corrected chi connectivity index (χ4v) is 2.78. The van der Waals surface area contributed by atoms with Crippen LogP contribution in [0.15, 0.2) is 59.7 Å². The molecule has 0 unspecified atom stereocenters. The molecule has 0 bridgehead atoms. The van der Waals surface area contributed by atoms with Crippen molar-refractivity contribution in [2.45, 2.75) is 6.92 Å². The molecular weight excluding hydrogens is 316 g/mol. The van der Waals surface area contributed by atoms with Crippen molar-refractivity contribution in [1.29, 1.82) is 0 Å². The highest BCUT2D eigenvalue weighted by molar-refractivity contribution is 5.87. The summed E-state index contributed by atoms with van der Waals surface area (Å²) in [7, 11) is 0. The lowest BCUT2D eigenvalue weighted by Gasteiger charge is -2.02. The van der Waals surface area contributed by atoms with Gasteiger partial charge in [0.2, 0.25) is 0 Å². The summed E-state index contributed by atoms with van der Waals surface area (Å²) < 4.78 is 5.53. The van der Waals surface area contributed by atoms with Crippen LogP contribution in [0.3, 0.4) is 0 Å². The molecule has 0 saturated carbocycles. The van der Waals surface area contributed by atoms with Gasteiger partial charge in [-0.3, -0.25) is 9.78 Å². The number of ether oxygens (including phenoxy) is 1. The molecular formula is C19H16N4O2. The van der Waals surface area contributed by atoms with Crippen molar-refractivity contribution in [2.75, 3.05) is 6.61 Å². The van der Waals surface area contributed by atoms with Crippen LogP contribution >= 0.6 is 0 Å². The summed E-state index contributed by atoms with van der Waals surface area (Å²) in [6.07, 6.45) is 3.39. The quantitative estimate of drug-likeness (QED) is 0.600. The van der Waals surface area contributed by atoms with Crippen LogP contribution in [0.4, 0.5) is 0 Å². The second-order valence-corrected chi connectivity index (χ2v) is 5.60. The van der Waals surface area contributed by atoms with Crippen molar-refractivity contribution in [2.24, 2.45) is 0 Å². The van der Waals surface area contributed by atoms with E-state index in [0.717, 1.165) is 27.9 Å². The topological polar surface area (TPSA) is 83.7 Å². The van der Waals surface area contributed by atoms with Gasteiger partial charge in [0.25, 0.3) is 5.56 Å². The van der Waals surface area contributed by atoms with Gasteiger partial charge in [0.15, 0.2) is 0 Å². The molecule has 3 aromatic heterocycles. The van der Waals surface area contributed by atoms with Gasteiger partial charge in [-0.25, -0.2) is 5.10 Å². The number of aromatic amines is 2. The summed E-state index contributed by atoms with van der Waals surface area (Å²) in [5, 5.41) is 7.71. The Morgan fingerprint density at radius 1 is 1.08 bits per heavy atom. The van der Waals surface area contributed by atoms with Crippen LogP contribution in [0.2, 0.25) is 0 Å². The molecule has 0 spiro atoms. The third kappa shape index (κ3) is 2.89. The van der Waals surface area contributed by atoms with Crippen LogP contribution in [0, 0.1) is 0 Å². The average molecular weight is 332 g/mol. The van der Waals surface area contributed by atoms with Gasteiger partial charge in [-0.1, -0.05) is 0 Å². The van der Waals surface area contributed by atoms with E-state index < -0.39 is 0 Å². The number of H-pyrrole nitrogens is 2. The molecule has 0 fully saturated rings. The second kappa shape index (κ2) is 6.24. The molecule has 2 N–H and O–H groups in total. The first-order valence-electron chi connectivity index (χ1n) is 8.00. The molecule has 6 nitrogen and oxygen atoms in total. The summed E-state index contributed by atoms with van der Waals surface area (Å²) in [5.74, 6) is 0.796. The lowest BCUT2D eigenvalue weighted by Crippen LogP contribution is -2.11. The Labute approximate surface area is 143 Å². The third-order valence-corrected chi connectivity index (χ3v) is 3.97. The number of hydrogen-bond donors (Lipinski definition) is 2. The Hall–Kier alpha value is -3.41. The van der Waals surface area contributed by atoms with E-state index in [1.807, 2.05) is 43.3 Å². The Morgan fingerprint density at radius 3 is 2.72 bits per heavy atom. The van der Waals surface area contributed by atoms with Crippen molar-refractivity contribution >= 4 is 10.9 Å². The molecule has 25 heavy (non-hydrogen) atoms.